The van der Waals surface area contributed by atoms with Crippen molar-refractivity contribution in [1.29, 1.82) is 0 Å². The molecule has 1 aliphatic carbocycles. The number of alkyl halides is 1. The Hall–Kier alpha value is -2.88. The van der Waals surface area contributed by atoms with Gasteiger partial charge in [0.15, 0.2) is 0 Å². The molecule has 1 aliphatic heterocycles. The Labute approximate surface area is 207 Å². The monoisotopic (exact) mass is 558 g/mol. The first-order chi connectivity index (χ1) is 15.9. The van der Waals surface area contributed by atoms with Crippen LogP contribution in [0.5, 0.6) is 5.75 Å². The molecule has 7 nitrogen and oxygen atoms in total. The molecule has 0 bridgehead atoms. The Balaban J connectivity index is 1.26. The third-order valence-electron chi connectivity index (χ3n) is 5.86. The van der Waals surface area contributed by atoms with E-state index in [1.54, 1.807) is 12.3 Å². The van der Waals surface area contributed by atoms with Gasteiger partial charge in [-0.15, -0.1) is 0 Å². The van der Waals surface area contributed by atoms with Crippen LogP contribution in [-0.2, 0) is 16.2 Å². The number of primary amides is 1. The molecule has 33 heavy (non-hydrogen) atoms. The van der Waals surface area contributed by atoms with E-state index in [1.165, 1.54) is 0 Å². The normalized spacial score (nSPS) is 20.3. The number of rotatable bonds is 7. The molecule has 0 saturated carbocycles. The maximum Gasteiger partial charge on any atom is 0.244 e. The van der Waals surface area contributed by atoms with E-state index in [0.29, 0.717) is 38.1 Å². The molecule has 2 amide bonds. The predicted molar refractivity (Wildman–Crippen MR) is 136 cm³/mol. The molecule has 8 heteroatoms. The van der Waals surface area contributed by atoms with Gasteiger partial charge in [0.2, 0.25) is 11.8 Å². The topological polar surface area (TPSA) is 88.8 Å². The zero-order chi connectivity index (χ0) is 23.3. The number of pyridine rings is 1. The van der Waals surface area contributed by atoms with Crippen molar-refractivity contribution in [3.8, 4) is 5.75 Å². The highest BCUT2D eigenvalue weighted by molar-refractivity contribution is 14.1. The third kappa shape index (κ3) is 6.13. The number of amides is 2. The van der Waals surface area contributed by atoms with Crippen LogP contribution in [0.25, 0.3) is 0 Å². The fraction of sp³-hybridized carbons (Fsp3) is 0.320. The fourth-order valence-corrected chi connectivity index (χ4v) is 4.94. The second kappa shape index (κ2) is 10.4. The number of anilines is 1. The first-order valence-corrected chi connectivity index (χ1v) is 12.0. The molecule has 2 aromatic rings. The van der Waals surface area contributed by atoms with Gasteiger partial charge in [0.25, 0.3) is 0 Å². The van der Waals surface area contributed by atoms with Gasteiger partial charge < -0.3 is 20.3 Å². The smallest absolute Gasteiger partial charge is 0.244 e. The van der Waals surface area contributed by atoms with Crippen LogP contribution in [-0.4, -0.2) is 51.3 Å². The van der Waals surface area contributed by atoms with E-state index < -0.39 is 9.33 Å². The number of piperazine rings is 1. The quantitative estimate of drug-likeness (QED) is 0.417. The van der Waals surface area contributed by atoms with Crippen LogP contribution < -0.4 is 15.4 Å². The SMILES string of the molecule is NC(=O)C1=CC=CC(I)(CC(=O)N2CCN(c3ccc(OCc4ccccc4)cn3)CC2)C1. The minimum absolute atomic E-state index is 0.0945. The highest BCUT2D eigenvalue weighted by Gasteiger charge is 2.33. The summed E-state index contributed by atoms with van der Waals surface area (Å²) in [5.41, 5.74) is 7.10. The fourth-order valence-electron chi connectivity index (χ4n) is 4.00. The summed E-state index contributed by atoms with van der Waals surface area (Å²) in [5.74, 6) is 1.28. The highest BCUT2D eigenvalue weighted by Crippen LogP contribution is 2.36. The molecule has 1 aromatic carbocycles. The largest absolute Gasteiger partial charge is 0.487 e. The van der Waals surface area contributed by atoms with Crippen LogP contribution in [0, 0.1) is 0 Å². The lowest BCUT2D eigenvalue weighted by Crippen LogP contribution is -2.50. The molecule has 1 saturated heterocycles. The molecular formula is C25H27IN4O3. The van der Waals surface area contributed by atoms with Gasteiger partial charge in [0.1, 0.15) is 18.2 Å². The molecule has 2 aliphatic rings. The van der Waals surface area contributed by atoms with E-state index >= 15 is 0 Å². The summed E-state index contributed by atoms with van der Waals surface area (Å²) in [6.07, 6.45) is 8.11. The van der Waals surface area contributed by atoms with Gasteiger partial charge in [-0.1, -0.05) is 71.2 Å². The Bertz CT molecular complexity index is 1050. The van der Waals surface area contributed by atoms with E-state index in [4.69, 9.17) is 10.5 Å². The van der Waals surface area contributed by atoms with E-state index in [9.17, 15) is 9.59 Å². The van der Waals surface area contributed by atoms with Crippen molar-refractivity contribution < 1.29 is 14.3 Å². The summed E-state index contributed by atoms with van der Waals surface area (Å²) in [7, 11) is 0. The lowest BCUT2D eigenvalue weighted by atomic mass is 9.90. The number of benzene rings is 1. The maximum atomic E-state index is 12.9. The second-order valence-corrected chi connectivity index (χ2v) is 10.4. The van der Waals surface area contributed by atoms with Crippen molar-refractivity contribution in [3.63, 3.8) is 0 Å². The first kappa shape index (κ1) is 23.3. The summed E-state index contributed by atoms with van der Waals surface area (Å²) in [5, 5.41) is 0. The van der Waals surface area contributed by atoms with Crippen LogP contribution >= 0.6 is 22.6 Å². The van der Waals surface area contributed by atoms with Crippen LogP contribution in [0.15, 0.2) is 72.5 Å². The zero-order valence-electron chi connectivity index (χ0n) is 18.3. The number of ether oxygens (including phenoxy) is 1. The lowest BCUT2D eigenvalue weighted by molar-refractivity contribution is -0.131. The number of nitrogens with zero attached hydrogens (tertiary/aromatic N) is 3. The van der Waals surface area contributed by atoms with Gasteiger partial charge >= 0.3 is 0 Å². The minimum atomic E-state index is -0.426. The third-order valence-corrected chi connectivity index (χ3v) is 6.99. The van der Waals surface area contributed by atoms with Gasteiger partial charge in [-0.05, 0) is 24.1 Å². The number of hydrogen-bond donors (Lipinski definition) is 1. The number of carbonyl (C=O) groups is 2. The number of hydrogen-bond acceptors (Lipinski definition) is 5. The van der Waals surface area contributed by atoms with Gasteiger partial charge in [0.05, 0.1) is 9.62 Å². The van der Waals surface area contributed by atoms with Crippen molar-refractivity contribution >= 4 is 40.2 Å². The van der Waals surface area contributed by atoms with Crippen molar-refractivity contribution in [2.75, 3.05) is 31.1 Å². The standard InChI is InChI=1S/C25H27IN4O3/c26-25(10-4-7-20(15-25)24(27)32)16-23(31)30-13-11-29(12-14-30)22-9-8-21(17-28-22)33-18-19-5-2-1-3-6-19/h1-10,17H,11-16,18H2,(H2,27,32). The van der Waals surface area contributed by atoms with Crippen LogP contribution in [0.2, 0.25) is 0 Å². The Morgan fingerprint density at radius 1 is 1.09 bits per heavy atom. The van der Waals surface area contributed by atoms with E-state index in [1.807, 2.05) is 59.5 Å². The number of nitrogens with two attached hydrogens (primary N) is 1. The Kier molecular flexibility index (Phi) is 7.32. The molecule has 1 unspecified atom stereocenters. The average molecular weight is 558 g/mol. The van der Waals surface area contributed by atoms with Crippen LogP contribution in [0.4, 0.5) is 5.82 Å². The molecule has 1 fully saturated rings. The molecule has 1 aromatic heterocycles. The van der Waals surface area contributed by atoms with Crippen LogP contribution in [0.3, 0.4) is 0 Å². The number of carbonyl (C=O) groups excluding carboxylic acids is 2. The van der Waals surface area contributed by atoms with E-state index in [0.717, 1.165) is 30.2 Å². The van der Waals surface area contributed by atoms with Crippen LogP contribution in [0.1, 0.15) is 18.4 Å². The summed E-state index contributed by atoms with van der Waals surface area (Å²) in [6.45, 7) is 3.23. The van der Waals surface area contributed by atoms with Gasteiger partial charge in [0, 0.05) is 38.2 Å². The summed E-state index contributed by atoms with van der Waals surface area (Å²) < 4.78 is 5.40. The second-order valence-electron chi connectivity index (χ2n) is 8.30. The highest BCUT2D eigenvalue weighted by atomic mass is 127. The summed E-state index contributed by atoms with van der Waals surface area (Å²) >= 11 is 2.26. The van der Waals surface area contributed by atoms with Gasteiger partial charge in [-0.25, -0.2) is 4.98 Å². The molecule has 2 N–H and O–H groups in total. The van der Waals surface area contributed by atoms with Crippen molar-refractivity contribution in [1.82, 2.24) is 9.88 Å². The lowest BCUT2D eigenvalue weighted by Gasteiger charge is -2.37. The predicted octanol–water partition coefficient (Wildman–Crippen LogP) is 3.24. The number of allylic oxidation sites excluding steroid dienone is 3. The zero-order valence-corrected chi connectivity index (χ0v) is 20.5. The van der Waals surface area contributed by atoms with E-state index in [-0.39, 0.29) is 5.91 Å². The molecule has 0 spiro atoms. The van der Waals surface area contributed by atoms with Gasteiger partial charge in [-0.2, -0.15) is 0 Å². The minimum Gasteiger partial charge on any atom is -0.487 e. The molecule has 172 valence electrons. The summed E-state index contributed by atoms with van der Waals surface area (Å²) in [4.78, 5) is 33.1. The number of aromatic nitrogens is 1. The van der Waals surface area contributed by atoms with Gasteiger partial charge in [-0.3, -0.25) is 9.59 Å². The Morgan fingerprint density at radius 2 is 1.85 bits per heavy atom. The van der Waals surface area contributed by atoms with E-state index in [2.05, 4.69) is 32.5 Å². The van der Waals surface area contributed by atoms with Crippen molar-refractivity contribution in [2.24, 2.45) is 5.73 Å². The maximum absolute atomic E-state index is 12.9. The summed E-state index contributed by atoms with van der Waals surface area (Å²) in [6, 6.07) is 13.9. The number of halogens is 1. The Morgan fingerprint density at radius 3 is 2.52 bits per heavy atom. The molecule has 1 atom stereocenters. The molecule has 0 radical (unpaired) electrons. The average Bonchev–Trinajstić information content (AvgIpc) is 2.83. The molecular weight excluding hydrogens is 531 g/mol. The first-order valence-electron chi connectivity index (χ1n) is 10.9. The molecule has 2 heterocycles. The van der Waals surface area contributed by atoms with Crippen molar-refractivity contribution in [3.05, 3.63) is 78.0 Å². The van der Waals surface area contributed by atoms with Crippen molar-refractivity contribution in [2.45, 2.75) is 22.9 Å². The molecule has 4 rings (SSSR count).